The third-order valence-electron chi connectivity index (χ3n) is 3.90. The molecule has 2 atom stereocenters. The van der Waals surface area contributed by atoms with Gasteiger partial charge in [-0.25, -0.2) is 8.42 Å². The smallest absolute Gasteiger partial charge is 0.150 e. The van der Waals surface area contributed by atoms with Crippen molar-refractivity contribution >= 4 is 9.84 Å². The van der Waals surface area contributed by atoms with Gasteiger partial charge in [0.25, 0.3) is 0 Å². The van der Waals surface area contributed by atoms with Crippen LogP contribution in [0.3, 0.4) is 0 Å². The van der Waals surface area contributed by atoms with E-state index in [-0.39, 0.29) is 11.4 Å². The molecule has 0 spiro atoms. The first kappa shape index (κ1) is 16.1. The maximum absolute atomic E-state index is 11.7. The van der Waals surface area contributed by atoms with Crippen LogP contribution in [0.25, 0.3) is 0 Å². The molecule has 118 valence electrons. The van der Waals surface area contributed by atoms with Crippen LogP contribution >= 0.6 is 0 Å². The van der Waals surface area contributed by atoms with Gasteiger partial charge in [0.2, 0.25) is 0 Å². The van der Waals surface area contributed by atoms with E-state index in [9.17, 15) is 8.42 Å². The number of sulfone groups is 1. The van der Waals surface area contributed by atoms with Gasteiger partial charge < -0.3 is 15.2 Å². The lowest BCUT2D eigenvalue weighted by atomic mass is 9.97. The molecular weight excluding hydrogens is 290 g/mol. The normalized spacial score (nSPS) is 22.8. The van der Waals surface area contributed by atoms with Crippen molar-refractivity contribution in [2.75, 3.05) is 13.4 Å². The van der Waals surface area contributed by atoms with E-state index in [0.29, 0.717) is 24.5 Å². The SMILES string of the molecule is COc1cc(CN)cc(OC2CCCC(S(C)(=O)=O)C2)c1. The van der Waals surface area contributed by atoms with E-state index in [4.69, 9.17) is 15.2 Å². The van der Waals surface area contributed by atoms with Crippen LogP contribution in [0.5, 0.6) is 11.5 Å². The highest BCUT2D eigenvalue weighted by Crippen LogP contribution is 2.29. The van der Waals surface area contributed by atoms with Gasteiger partial charge in [-0.1, -0.05) is 0 Å². The zero-order valence-corrected chi connectivity index (χ0v) is 13.4. The topological polar surface area (TPSA) is 78.6 Å². The number of benzene rings is 1. The molecule has 0 amide bonds. The molecule has 0 heterocycles. The highest BCUT2D eigenvalue weighted by Gasteiger charge is 2.30. The summed E-state index contributed by atoms with van der Waals surface area (Å²) in [7, 11) is -1.40. The summed E-state index contributed by atoms with van der Waals surface area (Å²) in [6.45, 7) is 0.407. The lowest BCUT2D eigenvalue weighted by molar-refractivity contribution is 0.155. The van der Waals surface area contributed by atoms with Gasteiger partial charge in [0.1, 0.15) is 21.3 Å². The largest absolute Gasteiger partial charge is 0.497 e. The number of hydrogen-bond donors (Lipinski definition) is 1. The Labute approximate surface area is 126 Å². The van der Waals surface area contributed by atoms with Gasteiger partial charge in [0.15, 0.2) is 0 Å². The van der Waals surface area contributed by atoms with Crippen molar-refractivity contribution < 1.29 is 17.9 Å². The summed E-state index contributed by atoms with van der Waals surface area (Å²) in [5, 5.41) is -0.296. The lowest BCUT2D eigenvalue weighted by Gasteiger charge is -2.28. The molecule has 21 heavy (non-hydrogen) atoms. The van der Waals surface area contributed by atoms with Crippen molar-refractivity contribution in [1.29, 1.82) is 0 Å². The van der Waals surface area contributed by atoms with Crippen molar-refractivity contribution in [3.63, 3.8) is 0 Å². The summed E-state index contributed by atoms with van der Waals surface area (Å²) in [5.74, 6) is 1.39. The summed E-state index contributed by atoms with van der Waals surface area (Å²) < 4.78 is 34.6. The van der Waals surface area contributed by atoms with Crippen LogP contribution in [0, 0.1) is 0 Å². The zero-order valence-electron chi connectivity index (χ0n) is 12.5. The molecule has 0 radical (unpaired) electrons. The number of ether oxygens (including phenoxy) is 2. The fourth-order valence-corrected chi connectivity index (χ4v) is 3.88. The molecule has 1 aromatic carbocycles. The highest BCUT2D eigenvalue weighted by atomic mass is 32.2. The third kappa shape index (κ3) is 4.35. The Morgan fingerprint density at radius 2 is 1.95 bits per heavy atom. The van der Waals surface area contributed by atoms with Gasteiger partial charge in [-0.15, -0.1) is 0 Å². The average molecular weight is 313 g/mol. The van der Waals surface area contributed by atoms with E-state index >= 15 is 0 Å². The van der Waals surface area contributed by atoms with E-state index in [1.165, 1.54) is 6.26 Å². The van der Waals surface area contributed by atoms with Crippen LogP contribution in [-0.2, 0) is 16.4 Å². The molecule has 1 aliphatic carbocycles. The molecule has 0 bridgehead atoms. The first-order chi connectivity index (χ1) is 9.92. The summed E-state index contributed by atoms with van der Waals surface area (Å²) >= 11 is 0. The molecule has 1 saturated carbocycles. The van der Waals surface area contributed by atoms with Crippen LogP contribution in [-0.4, -0.2) is 33.1 Å². The van der Waals surface area contributed by atoms with Gasteiger partial charge in [0.05, 0.1) is 18.5 Å². The summed E-state index contributed by atoms with van der Waals surface area (Å²) in [6, 6.07) is 5.56. The maximum atomic E-state index is 11.7. The first-order valence-electron chi connectivity index (χ1n) is 7.16. The van der Waals surface area contributed by atoms with Crippen molar-refractivity contribution in [3.05, 3.63) is 23.8 Å². The molecule has 1 aromatic rings. The third-order valence-corrected chi connectivity index (χ3v) is 5.54. The molecule has 6 heteroatoms. The van der Waals surface area contributed by atoms with Gasteiger partial charge >= 0.3 is 0 Å². The van der Waals surface area contributed by atoms with Gasteiger partial charge in [-0.2, -0.15) is 0 Å². The Balaban J connectivity index is 2.10. The fraction of sp³-hybridized carbons (Fsp3) is 0.600. The number of hydrogen-bond acceptors (Lipinski definition) is 5. The average Bonchev–Trinajstić information content (AvgIpc) is 2.46. The summed E-state index contributed by atoms with van der Waals surface area (Å²) in [6.07, 6.45) is 4.25. The number of rotatable bonds is 5. The zero-order chi connectivity index (χ0) is 15.5. The Morgan fingerprint density at radius 1 is 1.24 bits per heavy atom. The standard InChI is InChI=1S/C15H23NO4S/c1-19-13-6-11(10-16)7-14(8-13)20-12-4-3-5-15(9-12)21(2,17)18/h6-8,12,15H,3-5,9-10,16H2,1-2H3. The second kappa shape index (κ2) is 6.66. The van der Waals surface area contributed by atoms with E-state index in [2.05, 4.69) is 0 Å². The van der Waals surface area contributed by atoms with Crippen molar-refractivity contribution in [3.8, 4) is 11.5 Å². The van der Waals surface area contributed by atoms with Crippen LogP contribution in [0.1, 0.15) is 31.2 Å². The summed E-state index contributed by atoms with van der Waals surface area (Å²) in [5.41, 5.74) is 6.59. The van der Waals surface area contributed by atoms with Crippen molar-refractivity contribution in [2.24, 2.45) is 5.73 Å². The second-order valence-corrected chi connectivity index (χ2v) is 7.90. The Morgan fingerprint density at radius 3 is 2.57 bits per heavy atom. The van der Waals surface area contributed by atoms with Crippen molar-refractivity contribution in [2.45, 2.75) is 43.6 Å². The molecule has 5 nitrogen and oxygen atoms in total. The quantitative estimate of drug-likeness (QED) is 0.898. The molecular formula is C15H23NO4S. The second-order valence-electron chi connectivity index (χ2n) is 5.58. The molecule has 1 fully saturated rings. The minimum Gasteiger partial charge on any atom is -0.497 e. The predicted octanol–water partition coefficient (Wildman–Crippen LogP) is 1.89. The molecule has 1 aliphatic rings. The first-order valence-corrected chi connectivity index (χ1v) is 9.11. The fourth-order valence-electron chi connectivity index (χ4n) is 2.72. The Bertz CT molecular complexity index is 563. The lowest BCUT2D eigenvalue weighted by Crippen LogP contribution is -2.33. The molecule has 2 N–H and O–H groups in total. The van der Waals surface area contributed by atoms with E-state index in [1.54, 1.807) is 7.11 Å². The van der Waals surface area contributed by atoms with Gasteiger partial charge in [-0.3, -0.25) is 0 Å². The van der Waals surface area contributed by atoms with Crippen LogP contribution in [0.2, 0.25) is 0 Å². The molecule has 2 unspecified atom stereocenters. The minimum absolute atomic E-state index is 0.0730. The van der Waals surface area contributed by atoms with Crippen LogP contribution < -0.4 is 15.2 Å². The number of nitrogens with two attached hydrogens (primary N) is 1. The molecule has 0 saturated heterocycles. The molecule has 2 rings (SSSR count). The molecule has 0 aliphatic heterocycles. The monoisotopic (exact) mass is 313 g/mol. The number of methoxy groups -OCH3 is 1. The van der Waals surface area contributed by atoms with E-state index in [1.807, 2.05) is 18.2 Å². The van der Waals surface area contributed by atoms with E-state index < -0.39 is 9.84 Å². The van der Waals surface area contributed by atoms with Gasteiger partial charge in [-0.05, 0) is 37.0 Å². The molecule has 0 aromatic heterocycles. The van der Waals surface area contributed by atoms with Gasteiger partial charge in [0, 0.05) is 25.3 Å². The summed E-state index contributed by atoms with van der Waals surface area (Å²) in [4.78, 5) is 0. The Hall–Kier alpha value is -1.27. The van der Waals surface area contributed by atoms with E-state index in [0.717, 1.165) is 24.8 Å². The highest BCUT2D eigenvalue weighted by molar-refractivity contribution is 7.91. The van der Waals surface area contributed by atoms with Crippen LogP contribution in [0.15, 0.2) is 18.2 Å². The minimum atomic E-state index is -3.00. The van der Waals surface area contributed by atoms with Crippen LogP contribution in [0.4, 0.5) is 0 Å². The predicted molar refractivity (Wildman–Crippen MR) is 82.4 cm³/mol. The maximum Gasteiger partial charge on any atom is 0.150 e. The van der Waals surface area contributed by atoms with Crippen molar-refractivity contribution in [1.82, 2.24) is 0 Å². The Kier molecular flexibility index (Phi) is 5.11.